The first-order valence-corrected chi connectivity index (χ1v) is 10.3. The van der Waals surface area contributed by atoms with Gasteiger partial charge < -0.3 is 10.1 Å². The molecule has 8 heteroatoms. The van der Waals surface area contributed by atoms with E-state index in [4.69, 9.17) is 4.74 Å². The van der Waals surface area contributed by atoms with Crippen LogP contribution in [-0.2, 0) is 19.1 Å². The van der Waals surface area contributed by atoms with Gasteiger partial charge in [-0.15, -0.1) is 0 Å². The van der Waals surface area contributed by atoms with Crippen molar-refractivity contribution in [1.82, 2.24) is 0 Å². The van der Waals surface area contributed by atoms with E-state index in [0.717, 1.165) is 15.7 Å². The fourth-order valence-corrected chi connectivity index (χ4v) is 3.86. The van der Waals surface area contributed by atoms with Crippen molar-refractivity contribution >= 4 is 61.6 Å². The summed E-state index contributed by atoms with van der Waals surface area (Å²) in [5.41, 5.74) is 1.16. The molecule has 0 radical (unpaired) electrons. The fourth-order valence-electron chi connectivity index (χ4n) is 3.50. The Morgan fingerprint density at radius 3 is 2.61 bits per heavy atom. The van der Waals surface area contributed by atoms with Crippen molar-refractivity contribution < 1.29 is 23.9 Å². The first-order valence-electron chi connectivity index (χ1n) is 9.48. The minimum Gasteiger partial charge on any atom is -0.454 e. The Balaban J connectivity index is 1.42. The Kier molecular flexibility index (Phi) is 5.56. The topological polar surface area (TPSA) is 92.8 Å². The predicted octanol–water partition coefficient (Wildman–Crippen LogP) is 3.70. The molecule has 1 atom stereocenters. The number of ketones is 1. The molecule has 0 saturated heterocycles. The second-order valence-electron chi connectivity index (χ2n) is 7.02. The van der Waals surface area contributed by atoms with E-state index in [0.29, 0.717) is 15.8 Å². The molecule has 0 aliphatic carbocycles. The number of carbonyl (C=O) groups is 4. The van der Waals surface area contributed by atoms with Crippen LogP contribution in [0.3, 0.4) is 0 Å². The summed E-state index contributed by atoms with van der Waals surface area (Å²) < 4.78 is 5.77. The number of halogens is 1. The summed E-state index contributed by atoms with van der Waals surface area (Å²) in [5, 5.41) is 4.56. The van der Waals surface area contributed by atoms with Gasteiger partial charge in [0.2, 0.25) is 0 Å². The summed E-state index contributed by atoms with van der Waals surface area (Å²) in [4.78, 5) is 50.6. The lowest BCUT2D eigenvalue weighted by Gasteiger charge is -2.23. The third kappa shape index (κ3) is 3.94. The van der Waals surface area contributed by atoms with E-state index in [9.17, 15) is 19.2 Å². The van der Waals surface area contributed by atoms with Gasteiger partial charge in [-0.25, -0.2) is 4.79 Å². The number of hydrogen-bond acceptors (Lipinski definition) is 5. The summed E-state index contributed by atoms with van der Waals surface area (Å²) in [6.45, 7) is 0.933. The summed E-state index contributed by atoms with van der Waals surface area (Å²) in [5.74, 6) is -2.79. The zero-order valence-corrected chi connectivity index (χ0v) is 18.0. The lowest BCUT2D eigenvalue weighted by atomic mass is 10.1. The average molecular weight is 481 g/mol. The number of anilines is 2. The van der Waals surface area contributed by atoms with Gasteiger partial charge in [-0.1, -0.05) is 52.3 Å². The molecule has 0 bridgehead atoms. The van der Waals surface area contributed by atoms with E-state index < -0.39 is 36.2 Å². The first kappa shape index (κ1) is 20.7. The predicted molar refractivity (Wildman–Crippen MR) is 119 cm³/mol. The Labute approximate surface area is 186 Å². The van der Waals surface area contributed by atoms with Gasteiger partial charge in [0.1, 0.15) is 6.04 Å². The Morgan fingerprint density at radius 1 is 1.06 bits per heavy atom. The molecule has 4 rings (SSSR count). The number of carbonyl (C=O) groups excluding carboxylic acids is 4. The maximum Gasteiger partial charge on any atom is 0.329 e. The molecule has 2 amide bonds. The third-order valence-electron chi connectivity index (χ3n) is 5.01. The highest BCUT2D eigenvalue weighted by Gasteiger charge is 2.41. The number of Topliss-reactive ketones (excluding diaryl/α,β-unsaturated/α-hetero) is 1. The van der Waals surface area contributed by atoms with E-state index >= 15 is 0 Å². The lowest BCUT2D eigenvalue weighted by molar-refractivity contribution is -0.148. The van der Waals surface area contributed by atoms with Crippen LogP contribution in [0, 0.1) is 0 Å². The number of hydrogen-bond donors (Lipinski definition) is 1. The van der Waals surface area contributed by atoms with Crippen LogP contribution in [0.1, 0.15) is 17.3 Å². The molecule has 1 aliphatic heterocycles. The standard InChI is InChI=1S/C23H17BrN2O5/c1-13(26-19-10-9-15(24)11-17(19)21(28)22(26)29)23(30)31-12-20(27)25-18-8-4-6-14-5-2-3-7-16(14)18/h2-11,13H,12H2,1H3,(H,25,27). The number of amides is 2. The second kappa shape index (κ2) is 8.31. The van der Waals surface area contributed by atoms with E-state index in [-0.39, 0.29) is 5.56 Å². The fraction of sp³-hybridized carbons (Fsp3) is 0.130. The number of fused-ring (bicyclic) bond motifs is 2. The van der Waals surface area contributed by atoms with Crippen LogP contribution in [0.2, 0.25) is 0 Å². The minimum absolute atomic E-state index is 0.215. The molecule has 1 unspecified atom stereocenters. The quantitative estimate of drug-likeness (QED) is 0.443. The van der Waals surface area contributed by atoms with Crippen molar-refractivity contribution in [1.29, 1.82) is 0 Å². The summed E-state index contributed by atoms with van der Waals surface area (Å²) in [6.07, 6.45) is 0. The third-order valence-corrected chi connectivity index (χ3v) is 5.51. The van der Waals surface area contributed by atoms with Gasteiger partial charge >= 0.3 is 5.97 Å². The van der Waals surface area contributed by atoms with Gasteiger partial charge in [0.25, 0.3) is 17.6 Å². The molecule has 7 nitrogen and oxygen atoms in total. The van der Waals surface area contributed by atoms with Crippen LogP contribution in [0.25, 0.3) is 10.8 Å². The zero-order chi connectivity index (χ0) is 22.1. The number of benzene rings is 3. The van der Waals surface area contributed by atoms with E-state index in [1.165, 1.54) is 13.0 Å². The van der Waals surface area contributed by atoms with Crippen LogP contribution < -0.4 is 10.2 Å². The van der Waals surface area contributed by atoms with Crippen molar-refractivity contribution in [2.24, 2.45) is 0 Å². The van der Waals surface area contributed by atoms with Crippen LogP contribution in [-0.4, -0.2) is 36.2 Å². The van der Waals surface area contributed by atoms with Gasteiger partial charge in [-0.05, 0) is 36.6 Å². The van der Waals surface area contributed by atoms with Crippen molar-refractivity contribution in [2.45, 2.75) is 13.0 Å². The maximum absolute atomic E-state index is 12.5. The molecular formula is C23H17BrN2O5. The van der Waals surface area contributed by atoms with Gasteiger partial charge in [0.15, 0.2) is 6.61 Å². The normalized spacial score (nSPS) is 13.8. The highest BCUT2D eigenvalue weighted by atomic mass is 79.9. The zero-order valence-electron chi connectivity index (χ0n) is 16.4. The minimum atomic E-state index is -1.07. The molecule has 0 saturated carbocycles. The molecule has 1 N–H and O–H groups in total. The summed E-state index contributed by atoms with van der Waals surface area (Å²) in [6, 6.07) is 16.8. The average Bonchev–Trinajstić information content (AvgIpc) is 3.01. The van der Waals surface area contributed by atoms with E-state index in [2.05, 4.69) is 21.2 Å². The molecule has 0 fully saturated rings. The molecular weight excluding hydrogens is 464 g/mol. The number of esters is 1. The van der Waals surface area contributed by atoms with Crippen molar-refractivity contribution in [3.8, 4) is 0 Å². The Hall–Kier alpha value is -3.52. The molecule has 0 spiro atoms. The number of rotatable bonds is 5. The SMILES string of the molecule is CC(C(=O)OCC(=O)Nc1cccc2ccccc12)N1C(=O)C(=O)c2cc(Br)ccc21. The van der Waals surface area contributed by atoms with E-state index in [1.807, 2.05) is 36.4 Å². The summed E-state index contributed by atoms with van der Waals surface area (Å²) >= 11 is 3.26. The summed E-state index contributed by atoms with van der Waals surface area (Å²) in [7, 11) is 0. The van der Waals surface area contributed by atoms with Crippen LogP contribution in [0.4, 0.5) is 11.4 Å². The Bertz CT molecular complexity index is 1230. The van der Waals surface area contributed by atoms with Crippen LogP contribution in [0.5, 0.6) is 0 Å². The van der Waals surface area contributed by atoms with Gasteiger partial charge in [-0.2, -0.15) is 0 Å². The monoisotopic (exact) mass is 480 g/mol. The largest absolute Gasteiger partial charge is 0.454 e. The lowest BCUT2D eigenvalue weighted by Crippen LogP contribution is -2.44. The smallest absolute Gasteiger partial charge is 0.329 e. The maximum atomic E-state index is 12.5. The number of ether oxygens (including phenoxy) is 1. The molecule has 3 aromatic carbocycles. The molecule has 3 aromatic rings. The number of nitrogens with one attached hydrogen (secondary N) is 1. The van der Waals surface area contributed by atoms with Gasteiger partial charge in [0.05, 0.1) is 11.3 Å². The van der Waals surface area contributed by atoms with Crippen molar-refractivity contribution in [3.63, 3.8) is 0 Å². The molecule has 31 heavy (non-hydrogen) atoms. The van der Waals surface area contributed by atoms with Crippen molar-refractivity contribution in [2.75, 3.05) is 16.8 Å². The highest BCUT2D eigenvalue weighted by molar-refractivity contribution is 9.10. The highest BCUT2D eigenvalue weighted by Crippen LogP contribution is 2.33. The molecule has 1 heterocycles. The van der Waals surface area contributed by atoms with Crippen LogP contribution in [0.15, 0.2) is 65.1 Å². The molecule has 156 valence electrons. The second-order valence-corrected chi connectivity index (χ2v) is 7.94. The Morgan fingerprint density at radius 2 is 1.81 bits per heavy atom. The van der Waals surface area contributed by atoms with Gasteiger partial charge in [0, 0.05) is 15.5 Å². The van der Waals surface area contributed by atoms with E-state index in [1.54, 1.807) is 18.2 Å². The molecule has 1 aliphatic rings. The first-order chi connectivity index (χ1) is 14.9. The molecule has 0 aromatic heterocycles. The van der Waals surface area contributed by atoms with Gasteiger partial charge in [-0.3, -0.25) is 19.3 Å². The number of nitrogens with zero attached hydrogens (tertiary/aromatic N) is 1. The van der Waals surface area contributed by atoms with Crippen LogP contribution >= 0.6 is 15.9 Å². The van der Waals surface area contributed by atoms with Crippen molar-refractivity contribution in [3.05, 3.63) is 70.7 Å².